The average molecular weight is 443 g/mol. The van der Waals surface area contributed by atoms with Gasteiger partial charge in [0.2, 0.25) is 6.79 Å². The van der Waals surface area contributed by atoms with Crippen molar-refractivity contribution < 1.29 is 14.3 Å². The summed E-state index contributed by atoms with van der Waals surface area (Å²) in [7, 11) is 0. The molecule has 0 radical (unpaired) electrons. The van der Waals surface area contributed by atoms with E-state index in [1.165, 1.54) is 11.8 Å². The van der Waals surface area contributed by atoms with E-state index in [9.17, 15) is 4.79 Å². The van der Waals surface area contributed by atoms with Crippen LogP contribution < -0.4 is 25.4 Å². The number of hydrazone groups is 1. The van der Waals surface area contributed by atoms with Gasteiger partial charge in [-0.2, -0.15) is 0 Å². The van der Waals surface area contributed by atoms with Gasteiger partial charge < -0.3 is 9.47 Å². The summed E-state index contributed by atoms with van der Waals surface area (Å²) in [5.41, 5.74) is 2.51. The molecule has 1 amide bonds. The molecule has 0 unspecified atom stereocenters. The second-order valence-corrected chi connectivity index (χ2v) is 8.42. The van der Waals surface area contributed by atoms with Crippen LogP contribution in [0.5, 0.6) is 11.5 Å². The molecule has 0 bridgehead atoms. The smallest absolute Gasteiger partial charge is 0.276 e. The zero-order chi connectivity index (χ0) is 21.5. The molecular formula is C24H18N4O3S. The van der Waals surface area contributed by atoms with Gasteiger partial charge in [-0.25, -0.2) is 5.01 Å². The van der Waals surface area contributed by atoms with E-state index in [-0.39, 0.29) is 12.7 Å². The molecular weight excluding hydrogens is 424 g/mol. The van der Waals surface area contributed by atoms with E-state index in [2.05, 4.69) is 17.4 Å². The third-order valence-electron chi connectivity index (χ3n) is 5.43. The van der Waals surface area contributed by atoms with Crippen LogP contribution in [0.3, 0.4) is 0 Å². The molecule has 6 rings (SSSR count). The van der Waals surface area contributed by atoms with Crippen molar-refractivity contribution in [3.63, 3.8) is 0 Å². The van der Waals surface area contributed by atoms with Crippen LogP contribution in [0.2, 0.25) is 0 Å². The maximum atomic E-state index is 13.2. The van der Waals surface area contributed by atoms with Crippen molar-refractivity contribution in [2.45, 2.75) is 11.9 Å². The molecule has 0 spiro atoms. The first-order chi connectivity index (χ1) is 15.8. The number of carbonyl (C=O) groups excluding carboxylic acids is 1. The molecule has 8 heteroatoms. The van der Waals surface area contributed by atoms with Crippen LogP contribution in [-0.4, -0.2) is 22.9 Å². The highest BCUT2D eigenvalue weighted by molar-refractivity contribution is 8.13. The molecule has 7 nitrogen and oxygen atoms in total. The van der Waals surface area contributed by atoms with Crippen LogP contribution in [0.4, 0.5) is 0 Å². The van der Waals surface area contributed by atoms with Crippen LogP contribution in [0.25, 0.3) is 5.70 Å². The predicted octanol–water partition coefficient (Wildman–Crippen LogP) is 2.49. The molecule has 0 aromatic heterocycles. The number of thioether (sulfide) groups is 1. The first-order valence-corrected chi connectivity index (χ1v) is 11.2. The Morgan fingerprint density at radius 2 is 1.81 bits per heavy atom. The van der Waals surface area contributed by atoms with Crippen molar-refractivity contribution >= 4 is 28.5 Å². The lowest BCUT2D eigenvalue weighted by Gasteiger charge is -2.34. The number of amides is 1. The van der Waals surface area contributed by atoms with E-state index in [1.54, 1.807) is 5.01 Å². The number of amidine groups is 1. The molecule has 3 aromatic rings. The van der Waals surface area contributed by atoms with Crippen LogP contribution in [-0.2, 0) is 10.5 Å². The van der Waals surface area contributed by atoms with Gasteiger partial charge in [0.05, 0.1) is 5.36 Å². The molecule has 0 saturated heterocycles. The number of ether oxygens (including phenoxy) is 2. The Hall–Kier alpha value is -3.78. The maximum absolute atomic E-state index is 13.2. The first-order valence-electron chi connectivity index (χ1n) is 10.2. The summed E-state index contributed by atoms with van der Waals surface area (Å²) in [5, 5.41) is 11.5. The zero-order valence-corrected chi connectivity index (χ0v) is 17.7. The topological polar surface area (TPSA) is 75.5 Å². The molecule has 0 fully saturated rings. The Balaban J connectivity index is 1.42. The van der Waals surface area contributed by atoms with E-state index >= 15 is 0 Å². The molecule has 32 heavy (non-hydrogen) atoms. The minimum absolute atomic E-state index is 0.191. The number of rotatable bonds is 3. The monoisotopic (exact) mass is 442 g/mol. The number of hydrogen-bond donors (Lipinski definition) is 1. The van der Waals surface area contributed by atoms with Crippen molar-refractivity contribution in [3.8, 4) is 11.5 Å². The van der Waals surface area contributed by atoms with Gasteiger partial charge in [-0.3, -0.25) is 15.1 Å². The third kappa shape index (κ3) is 3.29. The van der Waals surface area contributed by atoms with Gasteiger partial charge >= 0.3 is 0 Å². The fourth-order valence-corrected chi connectivity index (χ4v) is 4.72. The molecule has 3 aliphatic heterocycles. The van der Waals surface area contributed by atoms with Crippen LogP contribution >= 0.6 is 11.8 Å². The Morgan fingerprint density at radius 3 is 2.72 bits per heavy atom. The summed E-state index contributed by atoms with van der Waals surface area (Å²) in [4.78, 5) is 18.1. The highest BCUT2D eigenvalue weighted by atomic mass is 32.2. The van der Waals surface area contributed by atoms with Crippen molar-refractivity contribution in [3.05, 3.63) is 94.5 Å². The fourth-order valence-electron chi connectivity index (χ4n) is 3.91. The summed E-state index contributed by atoms with van der Waals surface area (Å²) in [6.07, 6.45) is -0.493. The van der Waals surface area contributed by atoms with Gasteiger partial charge in [-0.15, -0.1) is 5.10 Å². The number of para-hydroxylation sites is 1. The number of carbonyl (C=O) groups is 1. The van der Waals surface area contributed by atoms with Gasteiger partial charge in [0.25, 0.3) is 5.91 Å². The predicted molar refractivity (Wildman–Crippen MR) is 121 cm³/mol. The normalized spacial score (nSPS) is 18.3. The van der Waals surface area contributed by atoms with E-state index < -0.39 is 6.17 Å². The number of nitrogens with zero attached hydrogens (tertiary/aromatic N) is 3. The van der Waals surface area contributed by atoms with Crippen molar-refractivity contribution in [1.29, 1.82) is 0 Å². The number of hydrogen-bond acceptors (Lipinski definition) is 7. The standard InChI is InChI=1S/C24H18N4O3S/c29-23-21-17-8-4-5-9-18(17)25-22(16-10-11-19-20(12-16)31-14-30-19)28(21)27-24(26-23)32-13-15-6-2-1-3-7-15/h1-12,22H,13-14H2,(H,26,27,29)/t22-/m1/s1. The Morgan fingerprint density at radius 1 is 1.00 bits per heavy atom. The summed E-state index contributed by atoms with van der Waals surface area (Å²) in [6, 6.07) is 23.4. The van der Waals surface area contributed by atoms with E-state index in [0.29, 0.717) is 28.1 Å². The lowest BCUT2D eigenvalue weighted by atomic mass is 10.1. The maximum Gasteiger partial charge on any atom is 0.276 e. The van der Waals surface area contributed by atoms with Crippen LogP contribution in [0.1, 0.15) is 17.3 Å². The zero-order valence-electron chi connectivity index (χ0n) is 16.9. The number of nitrogens with one attached hydrogen (secondary N) is 1. The summed E-state index contributed by atoms with van der Waals surface area (Å²) < 4.78 is 11.0. The second kappa shape index (κ2) is 7.72. The molecule has 0 saturated carbocycles. The van der Waals surface area contributed by atoms with Gasteiger partial charge in [-0.1, -0.05) is 66.4 Å². The van der Waals surface area contributed by atoms with Gasteiger partial charge in [-0.05, 0) is 23.8 Å². The highest BCUT2D eigenvalue weighted by Crippen LogP contribution is 2.38. The minimum Gasteiger partial charge on any atom is -0.454 e. The van der Waals surface area contributed by atoms with Gasteiger partial charge in [0, 0.05) is 16.5 Å². The lowest BCUT2D eigenvalue weighted by molar-refractivity contribution is -0.116. The van der Waals surface area contributed by atoms with E-state index in [1.807, 2.05) is 60.7 Å². The van der Waals surface area contributed by atoms with Gasteiger partial charge in [0.15, 0.2) is 22.8 Å². The Kier molecular flexibility index (Phi) is 4.57. The SMILES string of the molecule is O=C1NC(SCc2ccccc2)=NN2C1=c1ccccc1=N[C@H]2c1ccc2c(c1)OCO2. The largest absolute Gasteiger partial charge is 0.454 e. The number of benzene rings is 3. The quantitative estimate of drug-likeness (QED) is 0.675. The summed E-state index contributed by atoms with van der Waals surface area (Å²) >= 11 is 1.49. The molecule has 1 N–H and O–H groups in total. The molecule has 0 aliphatic carbocycles. The van der Waals surface area contributed by atoms with Crippen molar-refractivity contribution in [1.82, 2.24) is 10.3 Å². The molecule has 158 valence electrons. The van der Waals surface area contributed by atoms with E-state index in [0.717, 1.165) is 21.7 Å². The summed E-state index contributed by atoms with van der Waals surface area (Å²) in [5.74, 6) is 1.88. The fraction of sp³-hybridized carbons (Fsp3) is 0.125. The molecule has 3 aliphatic rings. The first kappa shape index (κ1) is 18.9. The molecule has 3 heterocycles. The van der Waals surface area contributed by atoms with E-state index in [4.69, 9.17) is 19.6 Å². The second-order valence-electron chi connectivity index (χ2n) is 7.46. The molecule has 1 atom stereocenters. The molecule has 3 aromatic carbocycles. The Bertz CT molecular complexity index is 1370. The number of fused-ring (bicyclic) bond motifs is 3. The highest BCUT2D eigenvalue weighted by Gasteiger charge is 2.35. The van der Waals surface area contributed by atoms with Crippen molar-refractivity contribution in [2.24, 2.45) is 10.1 Å². The summed E-state index contributed by atoms with van der Waals surface area (Å²) in [6.45, 7) is 0.200. The van der Waals surface area contributed by atoms with Crippen molar-refractivity contribution in [2.75, 3.05) is 6.79 Å². The van der Waals surface area contributed by atoms with Gasteiger partial charge in [0.1, 0.15) is 5.70 Å². The Labute approximate surface area is 188 Å². The van der Waals surface area contributed by atoms with Crippen LogP contribution in [0, 0.1) is 0 Å². The lowest BCUT2D eigenvalue weighted by Crippen LogP contribution is -2.50. The van der Waals surface area contributed by atoms with Crippen LogP contribution in [0.15, 0.2) is 82.9 Å². The minimum atomic E-state index is -0.493. The average Bonchev–Trinajstić information content (AvgIpc) is 3.30. The third-order valence-corrected chi connectivity index (χ3v) is 6.36.